The average molecular weight is 839 g/mol. The van der Waals surface area contributed by atoms with Crippen molar-refractivity contribution in [2.24, 2.45) is 5.16 Å². The predicted octanol–water partition coefficient (Wildman–Crippen LogP) is 6.79. The fourth-order valence-corrected chi connectivity index (χ4v) is 8.71. The normalized spacial score (nSPS) is 16.7. The number of carbonyl (C=O) groups excluding carboxylic acids is 3. The van der Waals surface area contributed by atoms with E-state index in [2.05, 4.69) is 25.1 Å². The van der Waals surface area contributed by atoms with Crippen LogP contribution in [0.5, 0.6) is 5.75 Å². The second-order valence-electron chi connectivity index (χ2n) is 12.8. The third kappa shape index (κ3) is 8.33. The summed E-state index contributed by atoms with van der Waals surface area (Å²) in [6, 6.07) is 35.5. The molecule has 7 rings (SSSR count). The van der Waals surface area contributed by atoms with E-state index in [-0.39, 0.29) is 24.0 Å². The summed E-state index contributed by atoms with van der Waals surface area (Å²) in [5, 5.41) is 9.66. The van der Waals surface area contributed by atoms with E-state index in [9.17, 15) is 18.8 Å². The summed E-state index contributed by atoms with van der Waals surface area (Å²) in [5.74, 6) is -1.14. The number of methoxy groups -OCH3 is 1. The van der Waals surface area contributed by atoms with E-state index in [0.29, 0.717) is 22.2 Å². The Labute approximate surface area is 346 Å². The molecule has 2 atom stereocenters. The van der Waals surface area contributed by atoms with Gasteiger partial charge in [0.1, 0.15) is 35.0 Å². The minimum Gasteiger partial charge on any atom is -0.497 e. The number of halogens is 2. The molecule has 2 N–H and O–H groups in total. The lowest BCUT2D eigenvalue weighted by molar-refractivity contribution is -0.153. The van der Waals surface area contributed by atoms with Gasteiger partial charge in [0.2, 0.25) is 16.7 Å². The molecule has 1 aromatic heterocycles. The van der Waals surface area contributed by atoms with Gasteiger partial charge in [0.25, 0.3) is 18.7 Å². The van der Waals surface area contributed by atoms with Crippen molar-refractivity contribution in [3.05, 3.63) is 167 Å². The SMILES string of the molecule is COc1ccc(COC(=O)C2=C(/C=C\CCl)CS[C@H]3[C@H](NC(=O)/C(=N\OCF)c4nsc(NC(c5ccccc5)(c5ccccc5)c5ccccc5)n4)C(=O)N23)cc1. The quantitative estimate of drug-likeness (QED) is 0.0272. The number of thioether (sulfide) groups is 1. The second-order valence-corrected chi connectivity index (χ2v) is 15.0. The zero-order chi connectivity index (χ0) is 40.5. The van der Waals surface area contributed by atoms with Crippen molar-refractivity contribution in [3.8, 4) is 5.75 Å². The van der Waals surface area contributed by atoms with Crippen LogP contribution in [0.1, 0.15) is 28.1 Å². The summed E-state index contributed by atoms with van der Waals surface area (Å²) in [7, 11) is 1.56. The fraction of sp³-hybridized carbons (Fsp3) is 0.190. The Morgan fingerprint density at radius 3 is 2.16 bits per heavy atom. The molecule has 0 unspecified atom stereocenters. The zero-order valence-electron chi connectivity index (χ0n) is 30.9. The molecule has 0 radical (unpaired) electrons. The molecule has 2 amide bonds. The first-order chi connectivity index (χ1) is 28.4. The minimum atomic E-state index is -1.33. The maximum absolute atomic E-state index is 13.9. The smallest absolute Gasteiger partial charge is 0.355 e. The van der Waals surface area contributed by atoms with E-state index in [1.54, 1.807) is 43.5 Å². The van der Waals surface area contributed by atoms with Crippen molar-refractivity contribution in [1.29, 1.82) is 0 Å². The van der Waals surface area contributed by atoms with Gasteiger partial charge in [-0.3, -0.25) is 14.5 Å². The molecule has 0 bridgehead atoms. The van der Waals surface area contributed by atoms with Gasteiger partial charge < -0.3 is 24.9 Å². The monoisotopic (exact) mass is 838 g/mol. The van der Waals surface area contributed by atoms with Crippen molar-refractivity contribution >= 4 is 63.5 Å². The van der Waals surface area contributed by atoms with Crippen LogP contribution in [0.15, 0.2) is 144 Å². The maximum atomic E-state index is 13.9. The number of nitrogens with zero attached hydrogens (tertiary/aromatic N) is 4. The first kappa shape index (κ1) is 40.2. The van der Waals surface area contributed by atoms with Crippen molar-refractivity contribution in [1.82, 2.24) is 19.6 Å². The first-order valence-corrected chi connectivity index (χ1v) is 20.3. The molecular formula is C42H36ClFN6O6S2. The number of rotatable bonds is 16. The van der Waals surface area contributed by atoms with Gasteiger partial charge in [-0.1, -0.05) is 120 Å². The number of allylic oxidation sites excluding steroid dienone is 2. The van der Waals surface area contributed by atoms with Gasteiger partial charge in [-0.2, -0.15) is 9.36 Å². The summed E-state index contributed by atoms with van der Waals surface area (Å²) in [6.45, 7) is -1.38. The van der Waals surface area contributed by atoms with Crippen LogP contribution in [0.4, 0.5) is 9.52 Å². The van der Waals surface area contributed by atoms with E-state index in [4.69, 9.17) is 25.9 Å². The van der Waals surface area contributed by atoms with Crippen LogP contribution in [-0.2, 0) is 36.1 Å². The number of esters is 1. The Morgan fingerprint density at radius 2 is 1.59 bits per heavy atom. The van der Waals surface area contributed by atoms with Gasteiger partial charge in [0.15, 0.2) is 0 Å². The van der Waals surface area contributed by atoms with Crippen LogP contribution >= 0.6 is 34.9 Å². The van der Waals surface area contributed by atoms with Crippen molar-refractivity contribution in [3.63, 3.8) is 0 Å². The first-order valence-electron chi connectivity index (χ1n) is 17.9. The highest BCUT2D eigenvalue weighted by Gasteiger charge is 2.54. The Hall–Kier alpha value is -6.03. The largest absolute Gasteiger partial charge is 0.497 e. The molecule has 1 fully saturated rings. The number of β-lactam (4-membered cyclic amide) rings is 1. The van der Waals surface area contributed by atoms with E-state index in [0.717, 1.165) is 33.8 Å². The molecule has 5 aromatic rings. The molecule has 2 aliphatic rings. The number of oxime groups is 1. The number of amides is 2. The number of hydrogen-bond acceptors (Lipinski definition) is 12. The van der Waals surface area contributed by atoms with Gasteiger partial charge in [0, 0.05) is 23.2 Å². The number of nitrogens with one attached hydrogen (secondary N) is 2. The summed E-state index contributed by atoms with van der Waals surface area (Å²) < 4.78 is 28.6. The number of anilines is 1. The number of ether oxygens (including phenoxy) is 2. The van der Waals surface area contributed by atoms with Gasteiger partial charge in [0.05, 0.1) is 7.11 Å². The molecule has 58 heavy (non-hydrogen) atoms. The minimum absolute atomic E-state index is 0.0477. The van der Waals surface area contributed by atoms with Crippen molar-refractivity contribution in [2.45, 2.75) is 23.6 Å². The highest BCUT2D eigenvalue weighted by molar-refractivity contribution is 8.00. The van der Waals surface area contributed by atoms with E-state index in [1.807, 2.05) is 91.0 Å². The number of carbonyl (C=O) groups is 3. The topological polar surface area (TPSA) is 144 Å². The molecular weight excluding hydrogens is 803 g/mol. The highest BCUT2D eigenvalue weighted by atomic mass is 35.5. The Bertz CT molecular complexity index is 2230. The van der Waals surface area contributed by atoms with Crippen molar-refractivity contribution in [2.75, 3.05) is 30.9 Å². The third-order valence-corrected chi connectivity index (χ3v) is 11.5. The van der Waals surface area contributed by atoms with Crippen LogP contribution in [0.3, 0.4) is 0 Å². The molecule has 12 nitrogen and oxygen atoms in total. The molecule has 3 heterocycles. The molecule has 0 aliphatic carbocycles. The molecule has 1 saturated heterocycles. The number of fused-ring (bicyclic) bond motifs is 1. The van der Waals surface area contributed by atoms with Crippen LogP contribution in [0.2, 0.25) is 0 Å². The van der Waals surface area contributed by atoms with Crippen molar-refractivity contribution < 1.29 is 33.1 Å². The van der Waals surface area contributed by atoms with Gasteiger partial charge in [-0.05, 0) is 40.0 Å². The average Bonchev–Trinajstić information content (AvgIpc) is 3.74. The van der Waals surface area contributed by atoms with E-state index in [1.165, 1.54) is 16.7 Å². The highest BCUT2D eigenvalue weighted by Crippen LogP contribution is 2.42. The van der Waals surface area contributed by atoms with E-state index < -0.39 is 47.3 Å². The Balaban J connectivity index is 1.13. The summed E-state index contributed by atoms with van der Waals surface area (Å²) >= 11 is 8.22. The van der Waals surface area contributed by atoms with Gasteiger partial charge in [-0.15, -0.1) is 23.4 Å². The van der Waals surface area contributed by atoms with Crippen LogP contribution < -0.4 is 15.4 Å². The third-order valence-electron chi connectivity index (χ3n) is 9.39. The number of benzene rings is 4. The zero-order valence-corrected chi connectivity index (χ0v) is 33.3. The standard InChI is InChI=1S/C42H36ClFN6O6S2/c1-54-32-21-19-27(20-22-32)24-55-40(53)35-28(12-11-23-43)25-57-39-34(38(52)50(35)39)45-37(51)33(48-56-26-44)36-46-41(58-49-36)47-42(29-13-5-2-6-14-29,30-15-7-3-8-16-30)31-17-9-4-10-18-31/h2-22,34,39H,23-26H2,1H3,(H,45,51)(H,46,47,49)/b12-11-,48-33-/t34-,39+/m1/s1. The Kier molecular flexibility index (Phi) is 12.8. The molecule has 4 aromatic carbocycles. The van der Waals surface area contributed by atoms with Crippen LogP contribution in [-0.4, -0.2) is 74.8 Å². The number of alkyl halides is 2. The summed E-state index contributed by atoms with van der Waals surface area (Å²) in [4.78, 5) is 51.9. The van der Waals surface area contributed by atoms with E-state index >= 15 is 0 Å². The molecule has 296 valence electrons. The number of hydrogen-bond donors (Lipinski definition) is 2. The molecule has 16 heteroatoms. The van der Waals surface area contributed by atoms with Crippen LogP contribution in [0.25, 0.3) is 0 Å². The molecule has 0 spiro atoms. The maximum Gasteiger partial charge on any atom is 0.355 e. The Morgan fingerprint density at radius 1 is 0.966 bits per heavy atom. The van der Waals surface area contributed by atoms with Crippen LogP contribution in [0, 0.1) is 0 Å². The lowest BCUT2D eigenvalue weighted by atomic mass is 9.77. The fourth-order valence-electron chi connectivity index (χ4n) is 6.68. The summed E-state index contributed by atoms with van der Waals surface area (Å²) in [6.07, 6.45) is 3.35. The molecule has 0 saturated carbocycles. The molecule has 2 aliphatic heterocycles. The summed E-state index contributed by atoms with van der Waals surface area (Å²) in [5.41, 5.74) is 2.66. The van der Waals surface area contributed by atoms with Gasteiger partial charge >= 0.3 is 5.97 Å². The van der Waals surface area contributed by atoms with Gasteiger partial charge in [-0.25, -0.2) is 9.18 Å². The number of aromatic nitrogens is 2. The lowest BCUT2D eigenvalue weighted by Crippen LogP contribution is -2.71. The second kappa shape index (κ2) is 18.5. The predicted molar refractivity (Wildman–Crippen MR) is 221 cm³/mol. The lowest BCUT2D eigenvalue weighted by Gasteiger charge is -2.49.